The number of hydrogen-bond donors (Lipinski definition) is 2. The highest BCUT2D eigenvalue weighted by Gasteiger charge is 2.17. The summed E-state index contributed by atoms with van der Waals surface area (Å²) in [7, 11) is 0. The molecule has 3 N–H and O–H groups in total. The van der Waals surface area contributed by atoms with Crippen LogP contribution in [-0.2, 0) is 0 Å². The Morgan fingerprint density at radius 3 is 2.78 bits per heavy atom. The van der Waals surface area contributed by atoms with Crippen molar-refractivity contribution in [1.29, 1.82) is 0 Å². The van der Waals surface area contributed by atoms with Gasteiger partial charge in [0.2, 0.25) is 0 Å². The number of halogens is 2. The van der Waals surface area contributed by atoms with Crippen LogP contribution in [0, 0.1) is 12.7 Å². The Labute approximate surface area is 112 Å². The third-order valence-corrected chi connectivity index (χ3v) is 4.09. The van der Waals surface area contributed by atoms with E-state index in [2.05, 4.69) is 5.32 Å². The molecule has 0 spiro atoms. The molecule has 1 aromatic carbocycles. The molecule has 0 aliphatic heterocycles. The fourth-order valence-corrected chi connectivity index (χ4v) is 2.60. The van der Waals surface area contributed by atoms with Crippen molar-refractivity contribution < 1.29 is 9.18 Å². The lowest BCUT2D eigenvalue weighted by Gasteiger charge is -2.08. The van der Waals surface area contributed by atoms with Crippen LogP contribution in [0.4, 0.5) is 15.8 Å². The van der Waals surface area contributed by atoms with Crippen molar-refractivity contribution in [2.45, 2.75) is 6.92 Å². The van der Waals surface area contributed by atoms with Gasteiger partial charge in [-0.2, -0.15) is 0 Å². The van der Waals surface area contributed by atoms with Crippen molar-refractivity contribution in [2.75, 3.05) is 11.1 Å². The zero-order valence-electron chi connectivity index (χ0n) is 9.46. The van der Waals surface area contributed by atoms with Crippen LogP contribution < -0.4 is 11.1 Å². The van der Waals surface area contributed by atoms with Crippen LogP contribution in [0.15, 0.2) is 23.6 Å². The van der Waals surface area contributed by atoms with Crippen LogP contribution in [-0.4, -0.2) is 5.91 Å². The van der Waals surface area contributed by atoms with E-state index < -0.39 is 11.7 Å². The Hall–Kier alpha value is -1.59. The summed E-state index contributed by atoms with van der Waals surface area (Å²) in [4.78, 5) is 12.3. The minimum absolute atomic E-state index is 0.0235. The van der Waals surface area contributed by atoms with Crippen molar-refractivity contribution in [3.05, 3.63) is 44.9 Å². The molecular weight excluding hydrogens is 275 g/mol. The highest BCUT2D eigenvalue weighted by molar-refractivity contribution is 7.13. The molecule has 3 nitrogen and oxygen atoms in total. The highest BCUT2D eigenvalue weighted by Crippen LogP contribution is 2.29. The van der Waals surface area contributed by atoms with Gasteiger partial charge in [-0.1, -0.05) is 17.7 Å². The first kappa shape index (κ1) is 12.9. The lowest BCUT2D eigenvalue weighted by molar-refractivity contribution is 0.103. The molecule has 1 aromatic heterocycles. The normalized spacial score (nSPS) is 10.4. The summed E-state index contributed by atoms with van der Waals surface area (Å²) in [5.74, 6) is -1.04. The number of nitrogens with two attached hydrogens (primary N) is 1. The first-order valence-electron chi connectivity index (χ1n) is 5.09. The van der Waals surface area contributed by atoms with Gasteiger partial charge >= 0.3 is 0 Å². The fourth-order valence-electron chi connectivity index (χ4n) is 1.43. The molecule has 0 aliphatic carbocycles. The molecule has 0 radical (unpaired) electrons. The molecule has 0 fully saturated rings. The number of amides is 1. The minimum atomic E-state index is -0.576. The van der Waals surface area contributed by atoms with E-state index in [1.165, 1.54) is 29.5 Å². The van der Waals surface area contributed by atoms with Crippen LogP contribution in [0.5, 0.6) is 0 Å². The third kappa shape index (κ3) is 2.32. The molecule has 1 heterocycles. The maximum Gasteiger partial charge on any atom is 0.267 e. The average molecular weight is 285 g/mol. The summed E-state index contributed by atoms with van der Waals surface area (Å²) in [6.45, 7) is 1.80. The third-order valence-electron chi connectivity index (χ3n) is 2.39. The molecule has 2 rings (SSSR count). The molecule has 1 amide bonds. The summed E-state index contributed by atoms with van der Waals surface area (Å²) in [6.07, 6.45) is 0. The smallest absolute Gasteiger partial charge is 0.267 e. The monoisotopic (exact) mass is 284 g/mol. The van der Waals surface area contributed by atoms with Gasteiger partial charge < -0.3 is 11.1 Å². The van der Waals surface area contributed by atoms with E-state index >= 15 is 0 Å². The average Bonchev–Trinajstić information content (AvgIpc) is 2.65. The Bertz CT molecular complexity index is 592. The molecule has 0 saturated carbocycles. The lowest BCUT2D eigenvalue weighted by atomic mass is 10.2. The maximum atomic E-state index is 13.5. The van der Waals surface area contributed by atoms with Crippen LogP contribution >= 0.6 is 22.9 Å². The quantitative estimate of drug-likeness (QED) is 0.827. The number of nitrogens with one attached hydrogen (secondary N) is 1. The number of anilines is 2. The van der Waals surface area contributed by atoms with Crippen LogP contribution in [0.2, 0.25) is 5.02 Å². The van der Waals surface area contributed by atoms with Crippen molar-refractivity contribution >= 4 is 40.2 Å². The number of carbonyl (C=O) groups excluding carboxylic acids is 1. The van der Waals surface area contributed by atoms with Gasteiger partial charge in [-0.3, -0.25) is 4.79 Å². The van der Waals surface area contributed by atoms with E-state index in [1.807, 2.05) is 0 Å². The van der Waals surface area contributed by atoms with E-state index in [4.69, 9.17) is 17.3 Å². The lowest BCUT2D eigenvalue weighted by Crippen LogP contribution is -2.13. The minimum Gasteiger partial charge on any atom is -0.397 e. The SMILES string of the molecule is Cc1csc(C(=O)Nc2c(N)cccc2F)c1Cl. The number of nitrogen functional groups attached to an aromatic ring is 1. The summed E-state index contributed by atoms with van der Waals surface area (Å²) in [6, 6.07) is 4.22. The number of carbonyl (C=O) groups is 1. The van der Waals surface area contributed by atoms with Crippen molar-refractivity contribution in [1.82, 2.24) is 0 Å². The van der Waals surface area contributed by atoms with Gasteiger partial charge in [0.1, 0.15) is 16.4 Å². The molecule has 0 unspecified atom stereocenters. The van der Waals surface area contributed by atoms with Crippen molar-refractivity contribution in [3.63, 3.8) is 0 Å². The summed E-state index contributed by atoms with van der Waals surface area (Å²) >= 11 is 7.18. The Morgan fingerprint density at radius 2 is 2.22 bits per heavy atom. The number of benzene rings is 1. The standard InChI is InChI=1S/C12H10ClFN2OS/c1-6-5-18-11(9(6)13)12(17)16-10-7(14)3-2-4-8(10)15/h2-5H,15H2,1H3,(H,16,17). The van der Waals surface area contributed by atoms with E-state index in [0.29, 0.717) is 9.90 Å². The number of rotatable bonds is 2. The predicted molar refractivity (Wildman–Crippen MR) is 72.8 cm³/mol. The number of aryl methyl sites for hydroxylation is 1. The first-order chi connectivity index (χ1) is 8.50. The second-order valence-electron chi connectivity index (χ2n) is 3.72. The van der Waals surface area contributed by atoms with E-state index in [0.717, 1.165) is 5.56 Å². The van der Waals surface area contributed by atoms with Crippen molar-refractivity contribution in [3.8, 4) is 0 Å². The Morgan fingerprint density at radius 1 is 1.50 bits per heavy atom. The van der Waals surface area contributed by atoms with E-state index in [9.17, 15) is 9.18 Å². The fraction of sp³-hybridized carbons (Fsp3) is 0.0833. The summed E-state index contributed by atoms with van der Waals surface area (Å²) in [5.41, 5.74) is 6.57. The highest BCUT2D eigenvalue weighted by atomic mass is 35.5. The molecular formula is C12H10ClFN2OS. The molecule has 94 valence electrons. The molecule has 0 bridgehead atoms. The van der Waals surface area contributed by atoms with Crippen LogP contribution in [0.3, 0.4) is 0 Å². The summed E-state index contributed by atoms with van der Waals surface area (Å²) in [5, 5.41) is 4.58. The maximum absolute atomic E-state index is 13.5. The predicted octanol–water partition coefficient (Wildman–Crippen LogP) is 3.68. The van der Waals surface area contributed by atoms with Gasteiger partial charge in [-0.25, -0.2) is 4.39 Å². The zero-order valence-corrected chi connectivity index (χ0v) is 11.0. The van der Waals surface area contributed by atoms with Gasteiger partial charge in [0.15, 0.2) is 0 Å². The molecule has 18 heavy (non-hydrogen) atoms. The molecule has 0 aliphatic rings. The second kappa shape index (κ2) is 4.96. The largest absolute Gasteiger partial charge is 0.397 e. The topological polar surface area (TPSA) is 55.1 Å². The Balaban J connectivity index is 2.30. The van der Waals surface area contributed by atoms with Crippen LogP contribution in [0.1, 0.15) is 15.2 Å². The van der Waals surface area contributed by atoms with E-state index in [1.54, 1.807) is 12.3 Å². The number of para-hydroxylation sites is 1. The van der Waals surface area contributed by atoms with Gasteiger partial charge in [0, 0.05) is 0 Å². The number of thiophene rings is 1. The number of hydrogen-bond acceptors (Lipinski definition) is 3. The van der Waals surface area contributed by atoms with Crippen molar-refractivity contribution in [2.24, 2.45) is 0 Å². The molecule has 2 aromatic rings. The Kier molecular flexibility index (Phi) is 3.54. The first-order valence-corrected chi connectivity index (χ1v) is 6.35. The molecule has 0 saturated heterocycles. The van der Waals surface area contributed by atoms with Crippen LogP contribution in [0.25, 0.3) is 0 Å². The van der Waals surface area contributed by atoms with Gasteiger partial charge in [0.05, 0.1) is 10.7 Å². The molecule has 0 atom stereocenters. The summed E-state index contributed by atoms with van der Waals surface area (Å²) < 4.78 is 13.5. The van der Waals surface area contributed by atoms with Gasteiger partial charge in [0.25, 0.3) is 5.91 Å². The van der Waals surface area contributed by atoms with Gasteiger partial charge in [-0.15, -0.1) is 11.3 Å². The zero-order chi connectivity index (χ0) is 13.3. The molecule has 6 heteroatoms. The van der Waals surface area contributed by atoms with Gasteiger partial charge in [-0.05, 0) is 30.0 Å². The van der Waals surface area contributed by atoms with E-state index in [-0.39, 0.29) is 11.4 Å². The second-order valence-corrected chi connectivity index (χ2v) is 4.98.